The summed E-state index contributed by atoms with van der Waals surface area (Å²) in [4.78, 5) is 9.28. The topological polar surface area (TPSA) is 49.8 Å². The fraction of sp³-hybridized carbons (Fsp3) is 0.533. The summed E-state index contributed by atoms with van der Waals surface area (Å²) in [7, 11) is 4.21. The summed E-state index contributed by atoms with van der Waals surface area (Å²) in [5.41, 5.74) is 7.99. The summed E-state index contributed by atoms with van der Waals surface area (Å²) in [6, 6.07) is 6.05. The van der Waals surface area contributed by atoms with Gasteiger partial charge >= 0.3 is 0 Å². The van der Waals surface area contributed by atoms with Gasteiger partial charge in [0.25, 0.3) is 0 Å². The predicted molar refractivity (Wildman–Crippen MR) is 84.1 cm³/mol. The Morgan fingerprint density at radius 2 is 2.05 bits per heavy atom. The van der Waals surface area contributed by atoms with Crippen LogP contribution >= 0.6 is 0 Å². The van der Waals surface area contributed by atoms with E-state index in [1.807, 2.05) is 24.4 Å². The van der Waals surface area contributed by atoms with Crippen molar-refractivity contribution in [2.45, 2.75) is 19.9 Å². The van der Waals surface area contributed by atoms with Crippen LogP contribution in [0.5, 0.6) is 0 Å². The fourth-order valence-corrected chi connectivity index (χ4v) is 2.47. The monoisotopic (exact) mass is 275 g/mol. The molecule has 2 N–H and O–H groups in total. The number of nitrogens with two attached hydrogens (primary N) is 1. The fourth-order valence-electron chi connectivity index (χ4n) is 2.47. The second-order valence-corrected chi connectivity index (χ2v) is 5.25. The third kappa shape index (κ3) is 3.11. The number of imidazole rings is 1. The van der Waals surface area contributed by atoms with Gasteiger partial charge in [0.1, 0.15) is 5.65 Å². The first-order valence-corrected chi connectivity index (χ1v) is 7.23. The molecule has 0 bridgehead atoms. The Labute approximate surface area is 121 Å². The Bertz CT molecular complexity index is 546. The van der Waals surface area contributed by atoms with Crippen molar-refractivity contribution in [3.8, 4) is 0 Å². The Balaban J connectivity index is 2.24. The first kappa shape index (κ1) is 14.8. The highest BCUT2D eigenvalue weighted by molar-refractivity contribution is 5.55. The van der Waals surface area contributed by atoms with E-state index in [1.165, 1.54) is 0 Å². The van der Waals surface area contributed by atoms with E-state index in [9.17, 15) is 0 Å². The Morgan fingerprint density at radius 3 is 2.70 bits per heavy atom. The molecule has 2 aromatic heterocycles. The average Bonchev–Trinajstić information content (AvgIpc) is 2.81. The molecule has 5 heteroatoms. The number of hydrogen-bond donors (Lipinski definition) is 1. The molecular weight excluding hydrogens is 250 g/mol. The molecule has 0 saturated carbocycles. The van der Waals surface area contributed by atoms with E-state index in [-0.39, 0.29) is 0 Å². The van der Waals surface area contributed by atoms with Gasteiger partial charge in [0.05, 0.1) is 5.69 Å². The van der Waals surface area contributed by atoms with Gasteiger partial charge in [0.2, 0.25) is 0 Å². The van der Waals surface area contributed by atoms with Gasteiger partial charge in [-0.25, -0.2) is 4.98 Å². The smallest absolute Gasteiger partial charge is 0.152 e. The van der Waals surface area contributed by atoms with Crippen molar-refractivity contribution in [1.82, 2.24) is 14.3 Å². The highest BCUT2D eigenvalue weighted by Gasteiger charge is 2.15. The molecule has 0 unspecified atom stereocenters. The van der Waals surface area contributed by atoms with Gasteiger partial charge in [-0.1, -0.05) is 6.07 Å². The van der Waals surface area contributed by atoms with Crippen molar-refractivity contribution in [3.05, 3.63) is 30.1 Å². The first-order valence-electron chi connectivity index (χ1n) is 7.23. The van der Waals surface area contributed by atoms with Crippen LogP contribution in [0.1, 0.15) is 19.0 Å². The van der Waals surface area contributed by atoms with Gasteiger partial charge in [0.15, 0.2) is 5.82 Å². The second-order valence-electron chi connectivity index (χ2n) is 5.25. The third-order valence-corrected chi connectivity index (χ3v) is 3.52. The zero-order chi connectivity index (χ0) is 14.5. The summed E-state index contributed by atoms with van der Waals surface area (Å²) >= 11 is 0. The molecule has 0 aromatic carbocycles. The van der Waals surface area contributed by atoms with Crippen molar-refractivity contribution >= 4 is 11.5 Å². The van der Waals surface area contributed by atoms with Crippen molar-refractivity contribution in [1.29, 1.82) is 0 Å². The number of fused-ring (bicyclic) bond motifs is 1. The molecule has 0 aliphatic carbocycles. The zero-order valence-electron chi connectivity index (χ0n) is 12.7. The minimum atomic E-state index is 0.505. The number of anilines is 1. The molecule has 110 valence electrons. The summed E-state index contributed by atoms with van der Waals surface area (Å²) < 4.78 is 2.09. The standard InChI is InChI=1S/C15H25N5/c1-4-19(10-7-9-18(2)3)15-13(12-16)20-11-6-5-8-14(20)17-15/h5-6,8,11H,4,7,9-10,12,16H2,1-3H3. The van der Waals surface area contributed by atoms with Gasteiger partial charge in [-0.05, 0) is 46.1 Å². The van der Waals surface area contributed by atoms with Crippen LogP contribution < -0.4 is 10.6 Å². The molecule has 0 fully saturated rings. The van der Waals surface area contributed by atoms with Gasteiger partial charge in [-0.15, -0.1) is 0 Å². The molecule has 0 saturated heterocycles. The van der Waals surface area contributed by atoms with Gasteiger partial charge in [0, 0.05) is 25.8 Å². The van der Waals surface area contributed by atoms with Crippen molar-refractivity contribution in [2.75, 3.05) is 38.6 Å². The van der Waals surface area contributed by atoms with E-state index >= 15 is 0 Å². The maximum Gasteiger partial charge on any atom is 0.152 e. The highest BCUT2D eigenvalue weighted by atomic mass is 15.2. The van der Waals surface area contributed by atoms with Gasteiger partial charge < -0.3 is 19.9 Å². The van der Waals surface area contributed by atoms with E-state index in [4.69, 9.17) is 10.7 Å². The molecule has 0 aliphatic rings. The molecule has 2 aromatic rings. The quantitative estimate of drug-likeness (QED) is 0.833. The van der Waals surface area contributed by atoms with Gasteiger partial charge in [-0.3, -0.25) is 0 Å². The van der Waals surface area contributed by atoms with Crippen LogP contribution in [0.3, 0.4) is 0 Å². The molecule has 0 spiro atoms. The van der Waals surface area contributed by atoms with Crippen LogP contribution in [-0.2, 0) is 6.54 Å². The van der Waals surface area contributed by atoms with E-state index in [0.29, 0.717) is 6.54 Å². The number of pyridine rings is 1. The second kappa shape index (κ2) is 6.72. The van der Waals surface area contributed by atoms with Crippen molar-refractivity contribution < 1.29 is 0 Å². The number of hydrogen-bond acceptors (Lipinski definition) is 4. The van der Waals surface area contributed by atoms with Crippen LogP contribution in [0.4, 0.5) is 5.82 Å². The summed E-state index contributed by atoms with van der Waals surface area (Å²) in [5.74, 6) is 1.03. The molecule has 2 heterocycles. The zero-order valence-corrected chi connectivity index (χ0v) is 12.7. The number of rotatable bonds is 7. The normalized spacial score (nSPS) is 11.4. The van der Waals surface area contributed by atoms with E-state index in [1.54, 1.807) is 0 Å². The number of nitrogens with zero attached hydrogens (tertiary/aromatic N) is 4. The lowest BCUT2D eigenvalue weighted by Crippen LogP contribution is -2.28. The summed E-state index contributed by atoms with van der Waals surface area (Å²) in [5, 5.41) is 0. The number of aromatic nitrogens is 2. The van der Waals surface area contributed by atoms with E-state index in [2.05, 4.69) is 35.2 Å². The van der Waals surface area contributed by atoms with Crippen LogP contribution in [0, 0.1) is 0 Å². The van der Waals surface area contributed by atoms with Crippen LogP contribution in [0.15, 0.2) is 24.4 Å². The molecule has 5 nitrogen and oxygen atoms in total. The van der Waals surface area contributed by atoms with Crippen LogP contribution in [-0.4, -0.2) is 48.0 Å². The molecule has 0 aliphatic heterocycles. The highest BCUT2D eigenvalue weighted by Crippen LogP contribution is 2.21. The van der Waals surface area contributed by atoms with Crippen molar-refractivity contribution in [2.24, 2.45) is 5.73 Å². The maximum absolute atomic E-state index is 5.93. The molecule has 0 amide bonds. The molecule has 20 heavy (non-hydrogen) atoms. The van der Waals surface area contributed by atoms with Crippen LogP contribution in [0.2, 0.25) is 0 Å². The third-order valence-electron chi connectivity index (χ3n) is 3.52. The first-order chi connectivity index (χ1) is 9.67. The predicted octanol–water partition coefficient (Wildman–Crippen LogP) is 1.57. The molecular formula is C15H25N5. The van der Waals surface area contributed by atoms with Crippen molar-refractivity contribution in [3.63, 3.8) is 0 Å². The SMILES string of the molecule is CCN(CCCN(C)C)c1nc2ccccn2c1CN. The Kier molecular flexibility index (Phi) is 4.98. The lowest BCUT2D eigenvalue weighted by molar-refractivity contribution is 0.400. The van der Waals surface area contributed by atoms with Gasteiger partial charge in [-0.2, -0.15) is 0 Å². The van der Waals surface area contributed by atoms with Crippen LogP contribution in [0.25, 0.3) is 5.65 Å². The van der Waals surface area contributed by atoms with E-state index < -0.39 is 0 Å². The lowest BCUT2D eigenvalue weighted by Gasteiger charge is -2.22. The summed E-state index contributed by atoms with van der Waals surface area (Å²) in [6.07, 6.45) is 3.15. The molecule has 0 radical (unpaired) electrons. The maximum atomic E-state index is 5.93. The van der Waals surface area contributed by atoms with E-state index in [0.717, 1.165) is 43.2 Å². The lowest BCUT2D eigenvalue weighted by atomic mass is 10.3. The minimum absolute atomic E-state index is 0.505. The summed E-state index contributed by atoms with van der Waals surface area (Å²) in [6.45, 7) is 5.71. The molecule has 2 rings (SSSR count). The minimum Gasteiger partial charge on any atom is -0.355 e. The average molecular weight is 275 g/mol. The largest absolute Gasteiger partial charge is 0.355 e. The Hall–Kier alpha value is -1.59. The molecule has 0 atom stereocenters. The Morgan fingerprint density at radius 1 is 1.25 bits per heavy atom.